The van der Waals surface area contributed by atoms with Gasteiger partial charge in [0.25, 0.3) is 0 Å². The van der Waals surface area contributed by atoms with Gasteiger partial charge in [-0.3, -0.25) is 5.10 Å². The zero-order valence-corrected chi connectivity index (χ0v) is 10.2. The van der Waals surface area contributed by atoms with Gasteiger partial charge in [-0.25, -0.2) is 9.78 Å². The van der Waals surface area contributed by atoms with Crippen molar-refractivity contribution in [2.75, 3.05) is 0 Å². The number of urea groups is 1. The molecule has 1 aromatic heterocycles. The van der Waals surface area contributed by atoms with Crippen LogP contribution >= 0.6 is 0 Å². The first-order valence-corrected chi connectivity index (χ1v) is 5.41. The summed E-state index contributed by atoms with van der Waals surface area (Å²) < 4.78 is 0. The lowest BCUT2D eigenvalue weighted by Gasteiger charge is -2.17. The second kappa shape index (κ2) is 5.48. The van der Waals surface area contributed by atoms with E-state index in [-0.39, 0.29) is 12.1 Å². The largest absolute Gasteiger partial charge is 0.335 e. The standard InChI is InChI=1S/C10H19N5O/c1-6(2)7(3)12-10(16)11-5-9-13-8(4)14-15-9/h6-7H,5H2,1-4H3,(H2,11,12,16)(H,13,14,15). The van der Waals surface area contributed by atoms with Crippen molar-refractivity contribution in [3.05, 3.63) is 11.6 Å². The first-order valence-electron chi connectivity index (χ1n) is 5.41. The van der Waals surface area contributed by atoms with Crippen LogP contribution < -0.4 is 10.6 Å². The fraction of sp³-hybridized carbons (Fsp3) is 0.700. The van der Waals surface area contributed by atoms with Crippen molar-refractivity contribution in [2.24, 2.45) is 5.92 Å². The van der Waals surface area contributed by atoms with Gasteiger partial charge in [-0.2, -0.15) is 5.10 Å². The van der Waals surface area contributed by atoms with Crippen LogP contribution in [0.15, 0.2) is 0 Å². The number of carbonyl (C=O) groups is 1. The van der Waals surface area contributed by atoms with E-state index in [4.69, 9.17) is 0 Å². The summed E-state index contributed by atoms with van der Waals surface area (Å²) in [4.78, 5) is 15.5. The number of hydrogen-bond donors (Lipinski definition) is 3. The van der Waals surface area contributed by atoms with Crippen molar-refractivity contribution in [1.29, 1.82) is 0 Å². The first-order chi connectivity index (χ1) is 7.49. The van der Waals surface area contributed by atoms with E-state index >= 15 is 0 Å². The third-order valence-corrected chi connectivity index (χ3v) is 2.41. The Morgan fingerprint density at radius 3 is 2.62 bits per heavy atom. The summed E-state index contributed by atoms with van der Waals surface area (Å²) in [5, 5.41) is 12.2. The molecule has 1 rings (SSSR count). The van der Waals surface area contributed by atoms with Crippen molar-refractivity contribution in [2.45, 2.75) is 40.3 Å². The Balaban J connectivity index is 2.30. The van der Waals surface area contributed by atoms with Crippen molar-refractivity contribution >= 4 is 6.03 Å². The van der Waals surface area contributed by atoms with Crippen molar-refractivity contribution < 1.29 is 4.79 Å². The van der Waals surface area contributed by atoms with Crippen LogP contribution in [0.1, 0.15) is 32.4 Å². The van der Waals surface area contributed by atoms with E-state index in [1.54, 1.807) is 0 Å². The summed E-state index contributed by atoms with van der Waals surface area (Å²) in [6, 6.07) is -0.0440. The average molecular weight is 225 g/mol. The Morgan fingerprint density at radius 2 is 2.12 bits per heavy atom. The molecule has 0 aliphatic heterocycles. The van der Waals surface area contributed by atoms with Crippen LogP contribution in [0.3, 0.4) is 0 Å². The van der Waals surface area contributed by atoms with Crippen LogP contribution in [-0.2, 0) is 6.54 Å². The Morgan fingerprint density at radius 1 is 1.44 bits per heavy atom. The minimum Gasteiger partial charge on any atom is -0.335 e. The Labute approximate surface area is 95.2 Å². The molecule has 1 heterocycles. The normalized spacial score (nSPS) is 12.6. The quantitative estimate of drug-likeness (QED) is 0.713. The molecule has 0 fully saturated rings. The molecule has 90 valence electrons. The van der Waals surface area contributed by atoms with Crippen LogP contribution in [-0.4, -0.2) is 27.3 Å². The van der Waals surface area contributed by atoms with Crippen molar-refractivity contribution in [3.63, 3.8) is 0 Å². The van der Waals surface area contributed by atoms with Gasteiger partial charge in [0.15, 0.2) is 5.82 Å². The van der Waals surface area contributed by atoms with Gasteiger partial charge < -0.3 is 10.6 Å². The lowest BCUT2D eigenvalue weighted by Crippen LogP contribution is -2.42. The molecule has 0 aromatic carbocycles. The second-order valence-corrected chi connectivity index (χ2v) is 4.20. The van der Waals surface area contributed by atoms with Crippen LogP contribution in [0, 0.1) is 12.8 Å². The highest BCUT2D eigenvalue weighted by Gasteiger charge is 2.10. The van der Waals surface area contributed by atoms with Gasteiger partial charge in [-0.15, -0.1) is 0 Å². The number of rotatable bonds is 4. The number of aryl methyl sites for hydroxylation is 1. The number of nitrogens with zero attached hydrogens (tertiary/aromatic N) is 2. The zero-order valence-electron chi connectivity index (χ0n) is 10.2. The summed E-state index contributed by atoms with van der Waals surface area (Å²) in [6.07, 6.45) is 0. The number of nitrogens with one attached hydrogen (secondary N) is 3. The molecular formula is C10H19N5O. The monoisotopic (exact) mass is 225 g/mol. The molecule has 0 saturated carbocycles. The maximum Gasteiger partial charge on any atom is 0.315 e. The fourth-order valence-electron chi connectivity index (χ4n) is 1.05. The summed E-state index contributed by atoms with van der Waals surface area (Å²) in [5.41, 5.74) is 0. The highest BCUT2D eigenvalue weighted by molar-refractivity contribution is 5.74. The highest BCUT2D eigenvalue weighted by Crippen LogP contribution is 1.99. The molecular weight excluding hydrogens is 206 g/mol. The van der Waals surface area contributed by atoms with Crippen LogP contribution in [0.2, 0.25) is 0 Å². The molecule has 0 radical (unpaired) electrons. The van der Waals surface area contributed by atoms with Gasteiger partial charge in [0.2, 0.25) is 0 Å². The van der Waals surface area contributed by atoms with Crippen LogP contribution in [0.5, 0.6) is 0 Å². The molecule has 6 nitrogen and oxygen atoms in total. The molecule has 0 spiro atoms. The summed E-state index contributed by atoms with van der Waals surface area (Å²) in [7, 11) is 0. The van der Waals surface area contributed by atoms with Gasteiger partial charge in [-0.1, -0.05) is 13.8 Å². The molecule has 0 bridgehead atoms. The number of aromatic amines is 1. The van der Waals surface area contributed by atoms with Gasteiger partial charge in [-0.05, 0) is 19.8 Å². The molecule has 1 unspecified atom stereocenters. The second-order valence-electron chi connectivity index (χ2n) is 4.20. The maximum absolute atomic E-state index is 11.5. The van der Waals surface area contributed by atoms with E-state index in [9.17, 15) is 4.79 Å². The zero-order chi connectivity index (χ0) is 12.1. The third kappa shape index (κ3) is 3.88. The van der Waals surface area contributed by atoms with E-state index in [1.807, 2.05) is 13.8 Å². The predicted molar refractivity (Wildman–Crippen MR) is 60.8 cm³/mol. The summed E-state index contributed by atoms with van der Waals surface area (Å²) in [5.74, 6) is 1.74. The van der Waals surface area contributed by atoms with Crippen LogP contribution in [0.25, 0.3) is 0 Å². The number of amides is 2. The number of aromatic nitrogens is 3. The molecule has 1 aromatic rings. The Bertz CT molecular complexity index is 347. The van der Waals surface area contributed by atoms with Crippen molar-refractivity contribution in [1.82, 2.24) is 25.8 Å². The number of carbonyl (C=O) groups excluding carboxylic acids is 1. The maximum atomic E-state index is 11.5. The summed E-state index contributed by atoms with van der Waals surface area (Å²) in [6.45, 7) is 8.24. The lowest BCUT2D eigenvalue weighted by atomic mass is 10.1. The minimum absolute atomic E-state index is 0.147. The van der Waals surface area contributed by atoms with Gasteiger partial charge >= 0.3 is 6.03 Å². The highest BCUT2D eigenvalue weighted by atomic mass is 16.2. The Hall–Kier alpha value is -1.59. The van der Waals surface area contributed by atoms with E-state index in [0.717, 1.165) is 5.82 Å². The molecule has 3 N–H and O–H groups in total. The first kappa shape index (κ1) is 12.5. The van der Waals surface area contributed by atoms with E-state index < -0.39 is 0 Å². The Kier molecular flexibility index (Phi) is 4.28. The molecule has 0 saturated heterocycles. The lowest BCUT2D eigenvalue weighted by molar-refractivity contribution is 0.234. The van der Waals surface area contributed by atoms with Gasteiger partial charge in [0.05, 0.1) is 6.54 Å². The molecule has 0 aliphatic carbocycles. The van der Waals surface area contributed by atoms with Crippen molar-refractivity contribution in [3.8, 4) is 0 Å². The molecule has 0 aliphatic rings. The molecule has 1 atom stereocenters. The van der Waals surface area contributed by atoms with Gasteiger partial charge in [0, 0.05) is 6.04 Å². The fourth-order valence-corrected chi connectivity index (χ4v) is 1.05. The van der Waals surface area contributed by atoms with E-state index in [0.29, 0.717) is 18.3 Å². The molecule has 16 heavy (non-hydrogen) atoms. The molecule has 2 amide bonds. The predicted octanol–water partition coefficient (Wildman–Crippen LogP) is 0.957. The average Bonchev–Trinajstić information content (AvgIpc) is 2.61. The van der Waals surface area contributed by atoms with E-state index in [2.05, 4.69) is 39.7 Å². The van der Waals surface area contributed by atoms with Crippen LogP contribution in [0.4, 0.5) is 4.79 Å². The van der Waals surface area contributed by atoms with E-state index in [1.165, 1.54) is 0 Å². The number of H-pyrrole nitrogens is 1. The topological polar surface area (TPSA) is 82.7 Å². The number of hydrogen-bond acceptors (Lipinski definition) is 3. The smallest absolute Gasteiger partial charge is 0.315 e. The molecule has 6 heteroatoms. The van der Waals surface area contributed by atoms with Gasteiger partial charge in [0.1, 0.15) is 5.82 Å². The third-order valence-electron chi connectivity index (χ3n) is 2.41. The minimum atomic E-state index is -0.191. The SMILES string of the molecule is Cc1nc(CNC(=O)NC(C)C(C)C)n[nH]1. The summed E-state index contributed by atoms with van der Waals surface area (Å²) >= 11 is 0.